The smallest absolute Gasteiger partial charge is 0.177 e. The zero-order valence-electron chi connectivity index (χ0n) is 17.8. The number of ether oxygens (including phenoxy) is 2. The highest BCUT2D eigenvalue weighted by atomic mass is 35.5. The number of anilines is 1. The lowest BCUT2D eigenvalue weighted by Crippen LogP contribution is -2.20. The first kappa shape index (κ1) is 21.9. The van der Waals surface area contributed by atoms with Crippen LogP contribution in [0.15, 0.2) is 42.9 Å². The minimum Gasteiger partial charge on any atom is -0.471 e. The zero-order chi connectivity index (χ0) is 22.9. The van der Waals surface area contributed by atoms with E-state index in [9.17, 15) is 0 Å². The van der Waals surface area contributed by atoms with E-state index in [1.807, 2.05) is 31.3 Å². The predicted molar refractivity (Wildman–Crippen MR) is 129 cm³/mol. The summed E-state index contributed by atoms with van der Waals surface area (Å²) in [5, 5.41) is 12.6. The molecule has 5 rings (SSSR count). The second-order valence-electron chi connectivity index (χ2n) is 7.93. The van der Waals surface area contributed by atoms with Crippen LogP contribution in [0.4, 0.5) is 5.82 Å². The molecule has 0 radical (unpaired) electrons. The van der Waals surface area contributed by atoms with Crippen molar-refractivity contribution in [3.63, 3.8) is 0 Å². The third-order valence-corrected chi connectivity index (χ3v) is 6.20. The van der Waals surface area contributed by atoms with Gasteiger partial charge in [0.25, 0.3) is 0 Å². The fraction of sp³-hybridized carbons (Fsp3) is 0.261. The van der Waals surface area contributed by atoms with Crippen molar-refractivity contribution in [2.24, 2.45) is 5.73 Å². The lowest BCUT2D eigenvalue weighted by molar-refractivity contribution is 0.195. The number of H-pyrrole nitrogens is 1. The molecular formula is C23H22Cl2N6O2. The summed E-state index contributed by atoms with van der Waals surface area (Å²) in [5.74, 6) is 1.42. The molecule has 3 aromatic heterocycles. The van der Waals surface area contributed by atoms with Gasteiger partial charge in [0.15, 0.2) is 6.23 Å². The molecular weight excluding hydrogens is 463 g/mol. The number of fused-ring (bicyclic) bond motifs is 1. The molecule has 1 aromatic carbocycles. The van der Waals surface area contributed by atoms with Crippen LogP contribution >= 0.6 is 23.2 Å². The van der Waals surface area contributed by atoms with E-state index in [1.165, 1.54) is 12.4 Å². The first-order chi connectivity index (χ1) is 16.0. The van der Waals surface area contributed by atoms with Gasteiger partial charge in [-0.25, -0.2) is 4.98 Å². The van der Waals surface area contributed by atoms with Gasteiger partial charge in [0, 0.05) is 41.7 Å². The molecule has 4 heterocycles. The maximum absolute atomic E-state index is 6.23. The fourth-order valence-electron chi connectivity index (χ4n) is 3.88. The number of aryl methyl sites for hydroxylation is 1. The molecule has 0 unspecified atom stereocenters. The van der Waals surface area contributed by atoms with Crippen molar-refractivity contribution in [3.05, 3.63) is 64.0 Å². The first-order valence-electron chi connectivity index (χ1n) is 10.5. The van der Waals surface area contributed by atoms with Gasteiger partial charge in [0.05, 0.1) is 28.2 Å². The van der Waals surface area contributed by atoms with Gasteiger partial charge in [-0.3, -0.25) is 15.8 Å². The Morgan fingerprint density at radius 3 is 2.76 bits per heavy atom. The molecule has 10 heteroatoms. The molecule has 1 aliphatic heterocycles. The van der Waals surface area contributed by atoms with Crippen LogP contribution in [0.3, 0.4) is 0 Å². The predicted octanol–water partition coefficient (Wildman–Crippen LogP) is 4.87. The number of benzene rings is 1. The molecule has 1 aliphatic rings. The Bertz CT molecular complexity index is 1290. The van der Waals surface area contributed by atoms with Crippen LogP contribution in [0.25, 0.3) is 22.2 Å². The Morgan fingerprint density at radius 2 is 2.03 bits per heavy atom. The number of nitrogens with one attached hydrogen (secondary N) is 2. The lowest BCUT2D eigenvalue weighted by Gasteiger charge is -2.17. The van der Waals surface area contributed by atoms with Crippen molar-refractivity contribution in [2.45, 2.75) is 25.6 Å². The van der Waals surface area contributed by atoms with Crippen LogP contribution in [0.1, 0.15) is 23.8 Å². The number of rotatable bonds is 6. The minimum atomic E-state index is -0.852. The Balaban J connectivity index is 1.42. The number of pyridine rings is 2. The van der Waals surface area contributed by atoms with E-state index in [4.69, 9.17) is 38.4 Å². The largest absolute Gasteiger partial charge is 0.471 e. The molecule has 0 aliphatic carbocycles. The van der Waals surface area contributed by atoms with Crippen molar-refractivity contribution in [3.8, 4) is 17.0 Å². The number of aromatic amines is 1. The van der Waals surface area contributed by atoms with Crippen molar-refractivity contribution >= 4 is 39.9 Å². The Labute approximate surface area is 200 Å². The number of nitrogens with zero attached hydrogens (tertiary/aromatic N) is 3. The number of hydrogen-bond acceptors (Lipinski definition) is 7. The van der Waals surface area contributed by atoms with Crippen LogP contribution in [0.2, 0.25) is 10.0 Å². The molecule has 33 heavy (non-hydrogen) atoms. The van der Waals surface area contributed by atoms with Gasteiger partial charge in [-0.2, -0.15) is 5.10 Å². The summed E-state index contributed by atoms with van der Waals surface area (Å²) in [6.45, 7) is 3.51. The average molecular weight is 485 g/mol. The van der Waals surface area contributed by atoms with Crippen molar-refractivity contribution in [1.29, 1.82) is 0 Å². The van der Waals surface area contributed by atoms with Gasteiger partial charge in [-0.05, 0) is 43.2 Å². The molecule has 0 bridgehead atoms. The topological polar surface area (TPSA) is 111 Å². The second-order valence-corrected chi connectivity index (χ2v) is 8.74. The van der Waals surface area contributed by atoms with E-state index in [1.54, 1.807) is 0 Å². The summed E-state index contributed by atoms with van der Waals surface area (Å²) < 4.78 is 11.4. The third kappa shape index (κ3) is 4.47. The SMILES string of the molecule is Cc1cc(-c2n[nH]c3ccc(O[C@H](N)c4c(Cl)cncc4Cl)cc23)cnc1N[C@@H]1CCOC1. The van der Waals surface area contributed by atoms with Crippen LogP contribution in [0, 0.1) is 6.92 Å². The van der Waals surface area contributed by atoms with Crippen LogP contribution in [0.5, 0.6) is 5.75 Å². The maximum Gasteiger partial charge on any atom is 0.177 e. The number of aromatic nitrogens is 4. The highest BCUT2D eigenvalue weighted by molar-refractivity contribution is 6.35. The fourth-order valence-corrected chi connectivity index (χ4v) is 4.46. The van der Waals surface area contributed by atoms with Gasteiger partial charge >= 0.3 is 0 Å². The Morgan fingerprint density at radius 1 is 1.21 bits per heavy atom. The normalized spacial score (nSPS) is 16.8. The summed E-state index contributed by atoms with van der Waals surface area (Å²) in [5.41, 5.74) is 10.3. The van der Waals surface area contributed by atoms with Crippen molar-refractivity contribution in [2.75, 3.05) is 18.5 Å². The van der Waals surface area contributed by atoms with E-state index in [0.29, 0.717) is 34.0 Å². The molecule has 0 amide bonds. The van der Waals surface area contributed by atoms with Gasteiger partial charge in [0.1, 0.15) is 17.3 Å². The van der Waals surface area contributed by atoms with E-state index >= 15 is 0 Å². The monoisotopic (exact) mass is 484 g/mol. The van der Waals surface area contributed by atoms with Crippen LogP contribution < -0.4 is 15.8 Å². The van der Waals surface area contributed by atoms with E-state index in [-0.39, 0.29) is 0 Å². The summed E-state index contributed by atoms with van der Waals surface area (Å²) in [4.78, 5) is 8.58. The molecule has 8 nitrogen and oxygen atoms in total. The molecule has 4 N–H and O–H groups in total. The van der Waals surface area contributed by atoms with Crippen LogP contribution in [-0.4, -0.2) is 39.4 Å². The molecule has 170 valence electrons. The van der Waals surface area contributed by atoms with Gasteiger partial charge in [-0.1, -0.05) is 23.2 Å². The quantitative estimate of drug-likeness (QED) is 0.334. The van der Waals surface area contributed by atoms with Gasteiger partial charge in [0.2, 0.25) is 0 Å². The molecule has 0 saturated carbocycles. The summed E-state index contributed by atoms with van der Waals surface area (Å²) in [6.07, 6.45) is 4.91. The number of halogens is 2. The number of nitrogens with two attached hydrogens (primary N) is 1. The van der Waals surface area contributed by atoms with Crippen molar-refractivity contribution < 1.29 is 9.47 Å². The van der Waals surface area contributed by atoms with Crippen LogP contribution in [-0.2, 0) is 4.74 Å². The highest BCUT2D eigenvalue weighted by Crippen LogP contribution is 2.33. The molecule has 4 aromatic rings. The molecule has 1 fully saturated rings. The number of hydrogen-bond donors (Lipinski definition) is 3. The first-order valence-corrected chi connectivity index (χ1v) is 11.3. The van der Waals surface area contributed by atoms with E-state index < -0.39 is 6.23 Å². The van der Waals surface area contributed by atoms with E-state index in [0.717, 1.165) is 46.6 Å². The lowest BCUT2D eigenvalue weighted by atomic mass is 10.1. The molecule has 1 saturated heterocycles. The second kappa shape index (κ2) is 9.15. The summed E-state index contributed by atoms with van der Waals surface area (Å²) in [7, 11) is 0. The van der Waals surface area contributed by atoms with Gasteiger partial charge < -0.3 is 14.8 Å². The third-order valence-electron chi connectivity index (χ3n) is 5.59. The summed E-state index contributed by atoms with van der Waals surface area (Å²) >= 11 is 12.4. The van der Waals surface area contributed by atoms with Crippen molar-refractivity contribution in [1.82, 2.24) is 20.2 Å². The zero-order valence-corrected chi connectivity index (χ0v) is 19.3. The van der Waals surface area contributed by atoms with Gasteiger partial charge in [-0.15, -0.1) is 0 Å². The average Bonchev–Trinajstić information content (AvgIpc) is 3.45. The highest BCUT2D eigenvalue weighted by Gasteiger charge is 2.19. The Kier molecular flexibility index (Phi) is 6.07. The molecule has 2 atom stereocenters. The Hall–Kier alpha value is -2.91. The van der Waals surface area contributed by atoms with E-state index in [2.05, 4.69) is 31.5 Å². The minimum absolute atomic E-state index is 0.291. The maximum atomic E-state index is 6.23. The standard InChI is InChI=1S/C23H22Cl2N6O2/c1-12-6-13(8-28-23(12)29-14-4-5-32-11-14)21-16-7-15(2-3-19(16)30-31-21)33-22(26)20-17(24)9-27-10-18(20)25/h2-3,6-10,14,22H,4-5,11,26H2,1H3,(H,28,29)(H,30,31)/t14-,22+/m1/s1. The summed E-state index contributed by atoms with van der Waals surface area (Å²) in [6, 6.07) is 7.94. The molecule has 0 spiro atoms.